The molecule has 1 aromatic rings. The molecule has 0 spiro atoms. The van der Waals surface area contributed by atoms with E-state index in [1.165, 1.54) is 26.0 Å². The molecule has 10 nitrogen and oxygen atoms in total. The van der Waals surface area contributed by atoms with E-state index >= 15 is 0 Å². The number of rotatable bonds is 8. The Kier molecular flexibility index (Phi) is 8.48. The van der Waals surface area contributed by atoms with Gasteiger partial charge in [-0.2, -0.15) is 13.2 Å². The number of ether oxygens (including phenoxy) is 4. The number of alkyl halides is 3. The van der Waals surface area contributed by atoms with Gasteiger partial charge in [0, 0.05) is 22.9 Å². The molecule has 0 bridgehead atoms. The number of benzene rings is 1. The molecule has 1 aliphatic heterocycles. The fraction of sp³-hybridized carbons (Fsp3) is 0.474. The average Bonchev–Trinajstić information content (AvgIpc) is 2.69. The third kappa shape index (κ3) is 7.55. The highest BCUT2D eigenvalue weighted by Gasteiger charge is 2.49. The average molecular weight is 532 g/mol. The SMILES string of the molecule is CC(OC(=O)OCC(C)(C)CO[N+](=O)[O-])OC(=O)C1=Cc2cc(Cl)cc(Cl)c2O[C@@H]1C(F)(F)F. The molecule has 15 heteroatoms. The number of carbonyl (C=O) groups is 2. The first kappa shape index (κ1) is 27.3. The lowest BCUT2D eigenvalue weighted by atomic mass is 9.97. The summed E-state index contributed by atoms with van der Waals surface area (Å²) in [5, 5.41) is 9.14. The second-order valence-electron chi connectivity index (χ2n) is 7.74. The summed E-state index contributed by atoms with van der Waals surface area (Å²) >= 11 is 11.7. The topological polar surface area (TPSA) is 123 Å². The van der Waals surface area contributed by atoms with E-state index in [0.717, 1.165) is 13.0 Å². The maximum absolute atomic E-state index is 13.5. The molecular formula is C19H18Cl2F3NO9. The van der Waals surface area contributed by atoms with Crippen molar-refractivity contribution in [1.82, 2.24) is 0 Å². The maximum atomic E-state index is 13.5. The summed E-state index contributed by atoms with van der Waals surface area (Å²) in [6.45, 7) is 3.30. The van der Waals surface area contributed by atoms with Crippen molar-refractivity contribution in [3.63, 3.8) is 0 Å². The maximum Gasteiger partial charge on any atom is 0.511 e. The minimum atomic E-state index is -5.01. The number of hydrogen-bond acceptors (Lipinski definition) is 9. The van der Waals surface area contributed by atoms with Crippen LogP contribution >= 0.6 is 23.2 Å². The predicted octanol–water partition coefficient (Wildman–Crippen LogP) is 4.98. The van der Waals surface area contributed by atoms with Crippen LogP contribution < -0.4 is 4.74 Å². The molecule has 0 saturated heterocycles. The Hall–Kier alpha value is -2.93. The first-order valence-electron chi connectivity index (χ1n) is 9.35. The zero-order chi connectivity index (χ0) is 25.8. The summed E-state index contributed by atoms with van der Waals surface area (Å²) in [7, 11) is 0. The van der Waals surface area contributed by atoms with Crippen molar-refractivity contribution < 1.29 is 51.6 Å². The van der Waals surface area contributed by atoms with Crippen molar-refractivity contribution in [3.05, 3.63) is 43.4 Å². The summed E-state index contributed by atoms with van der Waals surface area (Å²) < 4.78 is 59.8. The van der Waals surface area contributed by atoms with Crippen LogP contribution in [0.4, 0.5) is 18.0 Å². The largest absolute Gasteiger partial charge is 0.511 e. The summed E-state index contributed by atoms with van der Waals surface area (Å²) in [4.78, 5) is 38.7. The van der Waals surface area contributed by atoms with Crippen LogP contribution in [0.1, 0.15) is 26.3 Å². The van der Waals surface area contributed by atoms with Crippen LogP contribution in [0.15, 0.2) is 17.7 Å². The molecular weight excluding hydrogens is 514 g/mol. The Morgan fingerprint density at radius 1 is 1.21 bits per heavy atom. The van der Waals surface area contributed by atoms with E-state index in [9.17, 15) is 32.9 Å². The lowest BCUT2D eigenvalue weighted by molar-refractivity contribution is -0.760. The van der Waals surface area contributed by atoms with E-state index in [0.29, 0.717) is 0 Å². The molecule has 1 aromatic carbocycles. The van der Waals surface area contributed by atoms with E-state index in [1.54, 1.807) is 0 Å². The second-order valence-corrected chi connectivity index (χ2v) is 8.58. The molecule has 1 unspecified atom stereocenters. The smallest absolute Gasteiger partial charge is 0.474 e. The second kappa shape index (κ2) is 10.6. The summed E-state index contributed by atoms with van der Waals surface area (Å²) in [5.41, 5.74) is -1.89. The van der Waals surface area contributed by atoms with Crippen molar-refractivity contribution in [1.29, 1.82) is 0 Å². The van der Waals surface area contributed by atoms with Gasteiger partial charge in [-0.1, -0.05) is 37.0 Å². The molecule has 0 saturated carbocycles. The molecule has 34 heavy (non-hydrogen) atoms. The molecule has 188 valence electrons. The van der Waals surface area contributed by atoms with Crippen molar-refractivity contribution in [3.8, 4) is 5.75 Å². The van der Waals surface area contributed by atoms with Gasteiger partial charge in [-0.3, -0.25) is 0 Å². The van der Waals surface area contributed by atoms with Crippen molar-refractivity contribution in [2.75, 3.05) is 13.2 Å². The molecule has 1 heterocycles. The van der Waals surface area contributed by atoms with Gasteiger partial charge in [-0.05, 0) is 18.2 Å². The van der Waals surface area contributed by atoms with E-state index in [1.807, 2.05) is 0 Å². The predicted molar refractivity (Wildman–Crippen MR) is 110 cm³/mol. The molecule has 0 aliphatic carbocycles. The lowest BCUT2D eigenvalue weighted by Gasteiger charge is -2.29. The molecule has 2 rings (SSSR count). The van der Waals surface area contributed by atoms with Gasteiger partial charge in [-0.25, -0.2) is 9.59 Å². The van der Waals surface area contributed by atoms with Crippen LogP contribution in [-0.2, 0) is 23.8 Å². The Balaban J connectivity index is 2.06. The number of nitrogens with zero attached hydrogens (tertiary/aromatic N) is 1. The quantitative estimate of drug-likeness (QED) is 0.197. The fourth-order valence-corrected chi connectivity index (χ4v) is 3.13. The van der Waals surface area contributed by atoms with Gasteiger partial charge < -0.3 is 23.8 Å². The Morgan fingerprint density at radius 2 is 1.85 bits per heavy atom. The summed E-state index contributed by atoms with van der Waals surface area (Å²) in [6, 6.07) is 2.42. The minimum absolute atomic E-state index is 0.0112. The minimum Gasteiger partial charge on any atom is -0.474 e. The van der Waals surface area contributed by atoms with E-state index in [-0.39, 0.29) is 34.6 Å². The Bertz CT molecular complexity index is 998. The molecule has 0 fully saturated rings. The van der Waals surface area contributed by atoms with Crippen molar-refractivity contribution in [2.45, 2.75) is 39.3 Å². The van der Waals surface area contributed by atoms with Crippen LogP contribution in [0.2, 0.25) is 10.0 Å². The van der Waals surface area contributed by atoms with Gasteiger partial charge in [-0.15, -0.1) is 10.1 Å². The van der Waals surface area contributed by atoms with Gasteiger partial charge in [0.05, 0.1) is 10.6 Å². The highest BCUT2D eigenvalue weighted by molar-refractivity contribution is 6.36. The summed E-state index contributed by atoms with van der Waals surface area (Å²) in [5.74, 6) is -1.80. The molecule has 0 radical (unpaired) electrons. The van der Waals surface area contributed by atoms with Gasteiger partial charge in [0.1, 0.15) is 19.0 Å². The first-order valence-corrected chi connectivity index (χ1v) is 10.1. The normalized spacial score (nSPS) is 16.4. The van der Waals surface area contributed by atoms with Crippen LogP contribution in [0.3, 0.4) is 0 Å². The third-order valence-corrected chi connectivity index (χ3v) is 4.57. The molecule has 2 atom stereocenters. The van der Waals surface area contributed by atoms with Gasteiger partial charge in [0.2, 0.25) is 12.4 Å². The lowest BCUT2D eigenvalue weighted by Crippen LogP contribution is -2.41. The number of fused-ring (bicyclic) bond motifs is 1. The molecule has 1 aliphatic rings. The Morgan fingerprint density at radius 3 is 2.44 bits per heavy atom. The van der Waals surface area contributed by atoms with Crippen LogP contribution in [-0.4, -0.2) is 49.0 Å². The van der Waals surface area contributed by atoms with E-state index in [4.69, 9.17) is 42.1 Å². The van der Waals surface area contributed by atoms with Crippen molar-refractivity contribution in [2.24, 2.45) is 5.41 Å². The van der Waals surface area contributed by atoms with Gasteiger partial charge >= 0.3 is 18.3 Å². The van der Waals surface area contributed by atoms with Crippen LogP contribution in [0.5, 0.6) is 5.75 Å². The molecule has 0 aromatic heterocycles. The fourth-order valence-electron chi connectivity index (χ4n) is 2.58. The number of hydrogen-bond donors (Lipinski definition) is 0. The third-order valence-electron chi connectivity index (χ3n) is 4.08. The highest BCUT2D eigenvalue weighted by Crippen LogP contribution is 2.42. The van der Waals surface area contributed by atoms with Gasteiger partial charge in [0.15, 0.2) is 0 Å². The van der Waals surface area contributed by atoms with Crippen LogP contribution in [0.25, 0.3) is 6.08 Å². The summed E-state index contributed by atoms with van der Waals surface area (Å²) in [6.07, 6.45) is -9.84. The van der Waals surface area contributed by atoms with Crippen LogP contribution in [0, 0.1) is 15.5 Å². The van der Waals surface area contributed by atoms with E-state index in [2.05, 4.69) is 4.84 Å². The monoisotopic (exact) mass is 531 g/mol. The number of halogens is 5. The number of esters is 1. The molecule has 0 N–H and O–H groups in total. The zero-order valence-electron chi connectivity index (χ0n) is 17.8. The zero-order valence-corrected chi connectivity index (χ0v) is 19.3. The number of carbonyl (C=O) groups excluding carboxylic acids is 2. The first-order chi connectivity index (χ1) is 15.6. The standard InChI is InChI=1S/C19H18Cl2F3NO9/c1-9(33-17(27)30-7-18(2,3)8-31-25(28)29)32-16(26)12-5-10-4-11(20)6-13(21)14(10)34-15(12)19(22,23)24/h4-6,9,15H,7-8H2,1-3H3/t9?,15-/m0/s1. The van der Waals surface area contributed by atoms with Crippen molar-refractivity contribution >= 4 is 41.4 Å². The molecule has 0 amide bonds. The highest BCUT2D eigenvalue weighted by atomic mass is 35.5. The van der Waals surface area contributed by atoms with E-state index < -0.39 is 46.8 Å². The Labute approximate surface area is 200 Å². The van der Waals surface area contributed by atoms with Gasteiger partial charge in [0.25, 0.3) is 5.09 Å².